The van der Waals surface area contributed by atoms with Crippen molar-refractivity contribution in [3.63, 3.8) is 0 Å². The first-order valence-electron chi connectivity index (χ1n) is 5.09. The van der Waals surface area contributed by atoms with Gasteiger partial charge >= 0.3 is 0 Å². The zero-order valence-electron chi connectivity index (χ0n) is 8.46. The van der Waals surface area contributed by atoms with Crippen LogP contribution in [-0.4, -0.2) is 19.8 Å². The first-order valence-corrected chi connectivity index (χ1v) is 5.88. The maximum atomic E-state index is 5.62. The summed E-state index contributed by atoms with van der Waals surface area (Å²) in [6.45, 7) is 2.07. The highest BCUT2D eigenvalue weighted by Gasteiger charge is 2.14. The van der Waals surface area contributed by atoms with Crippen LogP contribution in [0.4, 0.5) is 0 Å². The van der Waals surface area contributed by atoms with Crippen LogP contribution in [0.1, 0.15) is 12.0 Å². The van der Waals surface area contributed by atoms with Crippen molar-refractivity contribution in [2.45, 2.75) is 12.8 Å². The van der Waals surface area contributed by atoms with Crippen LogP contribution >= 0.6 is 15.9 Å². The van der Waals surface area contributed by atoms with E-state index < -0.39 is 0 Å². The Morgan fingerprint density at radius 3 is 2.87 bits per heavy atom. The standard InChI is InChI=1S/C11H14BrNO2/c12-9-6-8(2-3-13)7-10-11(9)15-5-1-4-14-10/h6-7H,1-5,13H2. The Morgan fingerprint density at radius 1 is 1.27 bits per heavy atom. The van der Waals surface area contributed by atoms with E-state index in [9.17, 15) is 0 Å². The number of rotatable bonds is 2. The molecule has 0 aromatic heterocycles. The van der Waals surface area contributed by atoms with Gasteiger partial charge in [0.2, 0.25) is 0 Å². The van der Waals surface area contributed by atoms with Gasteiger partial charge in [-0.3, -0.25) is 0 Å². The molecule has 1 heterocycles. The average molecular weight is 272 g/mol. The summed E-state index contributed by atoms with van der Waals surface area (Å²) in [4.78, 5) is 0. The van der Waals surface area contributed by atoms with Crippen LogP contribution in [-0.2, 0) is 6.42 Å². The molecule has 0 amide bonds. The molecular formula is C11H14BrNO2. The lowest BCUT2D eigenvalue weighted by Crippen LogP contribution is -2.03. The molecule has 1 aromatic carbocycles. The van der Waals surface area contributed by atoms with Gasteiger partial charge in [0, 0.05) is 6.42 Å². The minimum Gasteiger partial charge on any atom is -0.490 e. The van der Waals surface area contributed by atoms with Gasteiger partial charge in [0.15, 0.2) is 11.5 Å². The predicted molar refractivity (Wildman–Crippen MR) is 62.5 cm³/mol. The van der Waals surface area contributed by atoms with E-state index in [-0.39, 0.29) is 0 Å². The summed E-state index contributed by atoms with van der Waals surface area (Å²) in [5, 5.41) is 0. The van der Waals surface area contributed by atoms with Gasteiger partial charge in [0.1, 0.15) is 0 Å². The van der Waals surface area contributed by atoms with E-state index in [1.54, 1.807) is 0 Å². The van der Waals surface area contributed by atoms with Gasteiger partial charge in [-0.2, -0.15) is 0 Å². The molecule has 82 valence electrons. The van der Waals surface area contributed by atoms with E-state index in [1.165, 1.54) is 5.56 Å². The summed E-state index contributed by atoms with van der Waals surface area (Å²) in [7, 11) is 0. The smallest absolute Gasteiger partial charge is 0.175 e. The Kier molecular flexibility index (Phi) is 3.49. The molecule has 0 bridgehead atoms. The van der Waals surface area contributed by atoms with Crippen molar-refractivity contribution < 1.29 is 9.47 Å². The van der Waals surface area contributed by atoms with Crippen LogP contribution in [0.15, 0.2) is 16.6 Å². The van der Waals surface area contributed by atoms with Crippen molar-refractivity contribution in [2.24, 2.45) is 5.73 Å². The Hall–Kier alpha value is -0.740. The Morgan fingerprint density at radius 2 is 2.07 bits per heavy atom. The zero-order chi connectivity index (χ0) is 10.7. The van der Waals surface area contributed by atoms with Crippen LogP contribution in [0.2, 0.25) is 0 Å². The number of hydrogen-bond acceptors (Lipinski definition) is 3. The maximum Gasteiger partial charge on any atom is 0.175 e. The lowest BCUT2D eigenvalue weighted by molar-refractivity contribution is 0.296. The lowest BCUT2D eigenvalue weighted by atomic mass is 10.1. The SMILES string of the molecule is NCCc1cc(Br)c2c(c1)OCCCO2. The third-order valence-electron chi connectivity index (χ3n) is 2.29. The molecule has 2 N–H and O–H groups in total. The van der Waals surface area contributed by atoms with Crippen molar-refractivity contribution in [1.82, 2.24) is 0 Å². The molecule has 1 aliphatic rings. The molecule has 2 rings (SSSR count). The van der Waals surface area contributed by atoms with Gasteiger partial charge in [0.05, 0.1) is 17.7 Å². The zero-order valence-corrected chi connectivity index (χ0v) is 10.0. The van der Waals surface area contributed by atoms with Crippen molar-refractivity contribution in [1.29, 1.82) is 0 Å². The van der Waals surface area contributed by atoms with Crippen LogP contribution in [0.5, 0.6) is 11.5 Å². The molecular weight excluding hydrogens is 258 g/mol. The van der Waals surface area contributed by atoms with Crippen LogP contribution in [0, 0.1) is 0 Å². The van der Waals surface area contributed by atoms with E-state index in [0.717, 1.165) is 28.8 Å². The first kappa shape index (κ1) is 10.8. The van der Waals surface area contributed by atoms with E-state index in [4.69, 9.17) is 15.2 Å². The van der Waals surface area contributed by atoms with Crippen LogP contribution in [0.25, 0.3) is 0 Å². The summed E-state index contributed by atoms with van der Waals surface area (Å²) >= 11 is 3.49. The first-order chi connectivity index (χ1) is 7.31. The monoisotopic (exact) mass is 271 g/mol. The fourth-order valence-electron chi connectivity index (χ4n) is 1.60. The van der Waals surface area contributed by atoms with Gasteiger partial charge in [-0.15, -0.1) is 0 Å². The maximum absolute atomic E-state index is 5.62. The number of ether oxygens (including phenoxy) is 2. The summed E-state index contributed by atoms with van der Waals surface area (Å²) in [5.41, 5.74) is 6.70. The number of hydrogen-bond donors (Lipinski definition) is 1. The molecule has 0 fully saturated rings. The van der Waals surface area contributed by atoms with E-state index in [1.807, 2.05) is 12.1 Å². The second-order valence-electron chi connectivity index (χ2n) is 3.49. The lowest BCUT2D eigenvalue weighted by Gasteiger charge is -2.11. The second kappa shape index (κ2) is 4.86. The molecule has 0 aliphatic carbocycles. The molecule has 4 heteroatoms. The predicted octanol–water partition coefficient (Wildman–Crippen LogP) is 2.11. The summed E-state index contributed by atoms with van der Waals surface area (Å²) in [6, 6.07) is 4.05. The normalized spacial score (nSPS) is 14.8. The molecule has 0 atom stereocenters. The van der Waals surface area contributed by atoms with Gasteiger partial charge in [0.25, 0.3) is 0 Å². The summed E-state index contributed by atoms with van der Waals surface area (Å²) in [6.07, 6.45) is 1.78. The fourth-order valence-corrected chi connectivity index (χ4v) is 2.20. The number of benzene rings is 1. The quantitative estimate of drug-likeness (QED) is 0.896. The molecule has 0 saturated heterocycles. The Balaban J connectivity index is 2.35. The van der Waals surface area contributed by atoms with Crippen LogP contribution < -0.4 is 15.2 Å². The van der Waals surface area contributed by atoms with Crippen molar-refractivity contribution >= 4 is 15.9 Å². The van der Waals surface area contributed by atoms with E-state index in [0.29, 0.717) is 19.8 Å². The largest absolute Gasteiger partial charge is 0.490 e. The molecule has 1 aliphatic heterocycles. The molecule has 1 aromatic rings. The third kappa shape index (κ3) is 2.44. The number of fused-ring (bicyclic) bond motifs is 1. The second-order valence-corrected chi connectivity index (χ2v) is 4.35. The fraction of sp³-hybridized carbons (Fsp3) is 0.455. The minimum atomic E-state index is 0.645. The van der Waals surface area contributed by atoms with Crippen molar-refractivity contribution in [2.75, 3.05) is 19.8 Å². The average Bonchev–Trinajstić information content (AvgIpc) is 2.43. The van der Waals surface area contributed by atoms with E-state index >= 15 is 0 Å². The Labute approximate surface area is 97.7 Å². The van der Waals surface area contributed by atoms with Gasteiger partial charge in [-0.25, -0.2) is 0 Å². The summed E-state index contributed by atoms with van der Waals surface area (Å²) in [5.74, 6) is 1.64. The number of halogens is 1. The molecule has 0 unspecified atom stereocenters. The van der Waals surface area contributed by atoms with Gasteiger partial charge in [-0.1, -0.05) is 0 Å². The highest BCUT2D eigenvalue weighted by Crippen LogP contribution is 2.38. The molecule has 15 heavy (non-hydrogen) atoms. The summed E-state index contributed by atoms with van der Waals surface area (Å²) < 4.78 is 12.2. The highest BCUT2D eigenvalue weighted by molar-refractivity contribution is 9.10. The molecule has 0 spiro atoms. The topological polar surface area (TPSA) is 44.5 Å². The van der Waals surface area contributed by atoms with Gasteiger partial charge < -0.3 is 15.2 Å². The van der Waals surface area contributed by atoms with Crippen LogP contribution in [0.3, 0.4) is 0 Å². The third-order valence-corrected chi connectivity index (χ3v) is 2.88. The number of nitrogens with two attached hydrogens (primary N) is 1. The minimum absolute atomic E-state index is 0.645. The highest BCUT2D eigenvalue weighted by atomic mass is 79.9. The van der Waals surface area contributed by atoms with Gasteiger partial charge in [-0.05, 0) is 46.6 Å². The van der Waals surface area contributed by atoms with Crippen molar-refractivity contribution in [3.8, 4) is 11.5 Å². The van der Waals surface area contributed by atoms with E-state index in [2.05, 4.69) is 15.9 Å². The molecule has 0 saturated carbocycles. The molecule has 3 nitrogen and oxygen atoms in total. The van der Waals surface area contributed by atoms with Crippen molar-refractivity contribution in [3.05, 3.63) is 22.2 Å². The Bertz CT molecular complexity index is 355. The molecule has 0 radical (unpaired) electrons.